The summed E-state index contributed by atoms with van der Waals surface area (Å²) in [4.78, 5) is 44.9. The van der Waals surface area contributed by atoms with E-state index in [1.165, 1.54) is 17.5 Å². The van der Waals surface area contributed by atoms with Crippen LogP contribution in [0.1, 0.15) is 35.5 Å². The summed E-state index contributed by atoms with van der Waals surface area (Å²) >= 11 is 7.47. The Morgan fingerprint density at radius 1 is 1.19 bits per heavy atom. The molecule has 2 N–H and O–H groups in total. The zero-order valence-electron chi connectivity index (χ0n) is 19.5. The number of carbonyl (C=O) groups excluding carboxylic acids is 2. The van der Waals surface area contributed by atoms with Gasteiger partial charge >= 0.3 is 0 Å². The second-order valence-corrected chi connectivity index (χ2v) is 10.6. The van der Waals surface area contributed by atoms with Crippen LogP contribution < -0.4 is 15.4 Å². The molecule has 0 spiro atoms. The van der Waals surface area contributed by atoms with Crippen LogP contribution in [0.2, 0.25) is 5.28 Å². The lowest BCUT2D eigenvalue weighted by atomic mass is 10.1. The average molecular weight is 524 g/mol. The number of rotatable bonds is 4. The Labute approximate surface area is 215 Å². The molecular formula is C24H22ClN7O3S. The molecule has 12 heteroatoms. The highest BCUT2D eigenvalue weighted by atomic mass is 35.5. The van der Waals surface area contributed by atoms with Crippen molar-refractivity contribution in [2.75, 3.05) is 18.4 Å². The maximum absolute atomic E-state index is 12.7. The maximum atomic E-state index is 12.7. The highest BCUT2D eigenvalue weighted by molar-refractivity contribution is 7.21. The largest absolute Gasteiger partial charge is 0.418 e. The van der Waals surface area contributed by atoms with Crippen LogP contribution in [-0.2, 0) is 11.3 Å². The third kappa shape index (κ3) is 4.07. The molecule has 36 heavy (non-hydrogen) atoms. The fourth-order valence-electron chi connectivity index (χ4n) is 4.62. The van der Waals surface area contributed by atoms with Gasteiger partial charge in [-0.05, 0) is 36.6 Å². The smallest absolute Gasteiger partial charge is 0.263 e. The van der Waals surface area contributed by atoms with Crippen LogP contribution in [0.3, 0.4) is 0 Å². The van der Waals surface area contributed by atoms with Gasteiger partial charge in [0.1, 0.15) is 4.88 Å². The van der Waals surface area contributed by atoms with Gasteiger partial charge in [-0.25, -0.2) is 15.0 Å². The topological polar surface area (TPSA) is 122 Å². The normalized spacial score (nSPS) is 19.8. The highest BCUT2D eigenvalue weighted by Gasteiger charge is 2.28. The second-order valence-electron chi connectivity index (χ2n) is 9.23. The molecule has 0 bridgehead atoms. The van der Waals surface area contributed by atoms with Crippen molar-refractivity contribution in [1.82, 2.24) is 30.2 Å². The summed E-state index contributed by atoms with van der Waals surface area (Å²) in [5.74, 6) is 0.760. The van der Waals surface area contributed by atoms with Crippen molar-refractivity contribution < 1.29 is 14.3 Å². The SMILES string of the molecule is CC1CC(=O)N(Cc2cnc(Cl)nc2Oc2cnc3c(ccc4sc5c(c43)NC[C@@H](C)NC5=O)n2)C1. The first-order chi connectivity index (χ1) is 17.4. The van der Waals surface area contributed by atoms with Gasteiger partial charge in [0, 0.05) is 41.8 Å². The lowest BCUT2D eigenvalue weighted by Gasteiger charge is -2.17. The van der Waals surface area contributed by atoms with E-state index in [0.717, 1.165) is 15.8 Å². The Hall–Kier alpha value is -3.57. The first-order valence-electron chi connectivity index (χ1n) is 11.6. The predicted octanol–water partition coefficient (Wildman–Crippen LogP) is 3.99. The van der Waals surface area contributed by atoms with E-state index in [1.54, 1.807) is 11.1 Å². The van der Waals surface area contributed by atoms with Crippen molar-refractivity contribution in [3.8, 4) is 11.8 Å². The Morgan fingerprint density at radius 2 is 2.06 bits per heavy atom. The van der Waals surface area contributed by atoms with Crippen molar-refractivity contribution in [1.29, 1.82) is 0 Å². The summed E-state index contributed by atoms with van der Waals surface area (Å²) < 4.78 is 6.95. The average Bonchev–Trinajstić information content (AvgIpc) is 3.33. The van der Waals surface area contributed by atoms with Crippen LogP contribution in [0.4, 0.5) is 5.69 Å². The fourth-order valence-corrected chi connectivity index (χ4v) is 5.83. The molecule has 184 valence electrons. The van der Waals surface area contributed by atoms with E-state index in [0.29, 0.717) is 53.4 Å². The van der Waals surface area contributed by atoms with Gasteiger partial charge in [0.05, 0.1) is 35.0 Å². The Morgan fingerprint density at radius 3 is 2.86 bits per heavy atom. The summed E-state index contributed by atoms with van der Waals surface area (Å²) in [7, 11) is 0. The first kappa shape index (κ1) is 22.9. The van der Waals surface area contributed by atoms with Crippen LogP contribution in [0.5, 0.6) is 11.8 Å². The van der Waals surface area contributed by atoms with E-state index in [-0.39, 0.29) is 34.9 Å². The molecule has 1 saturated heterocycles. The number of fused-ring (bicyclic) bond motifs is 5. The molecule has 1 unspecified atom stereocenters. The number of aromatic nitrogens is 4. The Kier molecular flexibility index (Phi) is 5.60. The van der Waals surface area contributed by atoms with Crippen molar-refractivity contribution >= 4 is 61.6 Å². The monoisotopic (exact) mass is 523 g/mol. The van der Waals surface area contributed by atoms with Crippen LogP contribution in [0.15, 0.2) is 24.5 Å². The number of nitrogens with zero attached hydrogens (tertiary/aromatic N) is 5. The number of likely N-dealkylation sites (tertiary alicyclic amines) is 1. The minimum atomic E-state index is -0.0937. The molecule has 4 aromatic rings. The molecule has 1 aromatic carbocycles. The van der Waals surface area contributed by atoms with Crippen LogP contribution >= 0.6 is 22.9 Å². The van der Waals surface area contributed by atoms with Gasteiger partial charge in [-0.2, -0.15) is 4.98 Å². The van der Waals surface area contributed by atoms with Gasteiger partial charge in [-0.15, -0.1) is 11.3 Å². The number of halogens is 1. The molecule has 10 nitrogen and oxygen atoms in total. The predicted molar refractivity (Wildman–Crippen MR) is 137 cm³/mol. The van der Waals surface area contributed by atoms with Gasteiger partial charge in [0.25, 0.3) is 5.91 Å². The Bertz CT molecular complexity index is 1540. The third-order valence-corrected chi connectivity index (χ3v) is 7.61. The van der Waals surface area contributed by atoms with Gasteiger partial charge in [-0.1, -0.05) is 6.92 Å². The van der Waals surface area contributed by atoms with Gasteiger partial charge in [-0.3, -0.25) is 9.59 Å². The molecule has 2 aliphatic rings. The number of anilines is 1. The van der Waals surface area contributed by atoms with E-state index in [2.05, 4.69) is 30.6 Å². The molecular weight excluding hydrogens is 502 g/mol. The van der Waals surface area contributed by atoms with E-state index < -0.39 is 0 Å². The Balaban J connectivity index is 1.35. The minimum Gasteiger partial charge on any atom is -0.418 e. The molecule has 0 aliphatic carbocycles. The quantitative estimate of drug-likeness (QED) is 0.385. The van der Waals surface area contributed by atoms with Crippen LogP contribution in [0, 0.1) is 5.92 Å². The minimum absolute atomic E-state index is 0.0150. The van der Waals surface area contributed by atoms with E-state index in [4.69, 9.17) is 16.3 Å². The molecule has 1 fully saturated rings. The van der Waals surface area contributed by atoms with Crippen LogP contribution in [-0.4, -0.2) is 55.8 Å². The molecule has 0 radical (unpaired) electrons. The van der Waals surface area contributed by atoms with Crippen molar-refractivity contribution in [3.05, 3.63) is 40.3 Å². The van der Waals surface area contributed by atoms with Gasteiger partial charge in [0.2, 0.25) is 23.0 Å². The van der Waals surface area contributed by atoms with E-state index >= 15 is 0 Å². The third-order valence-electron chi connectivity index (χ3n) is 6.28. The zero-order valence-corrected chi connectivity index (χ0v) is 21.1. The number of carbonyl (C=O) groups is 2. The number of thiophene rings is 1. The summed E-state index contributed by atoms with van der Waals surface area (Å²) in [6.45, 7) is 5.61. The van der Waals surface area contributed by atoms with Gasteiger partial charge < -0.3 is 20.3 Å². The van der Waals surface area contributed by atoms with Crippen LogP contribution in [0.25, 0.3) is 21.1 Å². The lowest BCUT2D eigenvalue weighted by Crippen LogP contribution is -2.34. The second kappa shape index (κ2) is 8.82. The molecule has 3 aromatic heterocycles. The molecule has 2 atom stereocenters. The van der Waals surface area contributed by atoms with Crippen molar-refractivity contribution in [3.63, 3.8) is 0 Å². The standard InChI is InChI=1S/C24H22ClN7O3S/c1-11-5-17(33)32(9-11)10-13-7-28-24(25)31-23(13)35-16-8-27-19-14(30-16)3-4-15-18(19)20-21(36-15)22(34)29-12(2)6-26-20/h3-4,7-8,11-12,26H,5-6,9-10H2,1-2H3,(H,29,34)/t11?,12-/m1/s1. The summed E-state index contributed by atoms with van der Waals surface area (Å²) in [6, 6.07) is 3.80. The number of hydrogen-bond acceptors (Lipinski definition) is 9. The van der Waals surface area contributed by atoms with Gasteiger partial charge in [0.15, 0.2) is 0 Å². The molecule has 0 saturated carbocycles. The number of hydrogen-bond donors (Lipinski definition) is 2. The number of nitrogens with one attached hydrogen (secondary N) is 2. The fraction of sp³-hybridized carbons (Fsp3) is 0.333. The first-order valence-corrected chi connectivity index (χ1v) is 12.8. The van der Waals surface area contributed by atoms with E-state index in [9.17, 15) is 9.59 Å². The lowest BCUT2D eigenvalue weighted by molar-refractivity contribution is -0.128. The molecule has 2 aliphatic heterocycles. The highest BCUT2D eigenvalue weighted by Crippen LogP contribution is 2.40. The molecule has 5 heterocycles. The van der Waals surface area contributed by atoms with E-state index in [1.807, 2.05) is 26.0 Å². The molecule has 2 amide bonds. The van der Waals surface area contributed by atoms with Crippen molar-refractivity contribution in [2.45, 2.75) is 32.9 Å². The number of ether oxygens (including phenoxy) is 1. The summed E-state index contributed by atoms with van der Waals surface area (Å²) in [5, 5.41) is 7.28. The number of amides is 2. The number of benzene rings is 1. The zero-order chi connectivity index (χ0) is 25.0. The van der Waals surface area contributed by atoms with Crippen molar-refractivity contribution in [2.24, 2.45) is 5.92 Å². The summed E-state index contributed by atoms with van der Waals surface area (Å²) in [6.07, 6.45) is 3.61. The summed E-state index contributed by atoms with van der Waals surface area (Å²) in [5.41, 5.74) is 2.70. The molecule has 6 rings (SSSR count). The maximum Gasteiger partial charge on any atom is 0.263 e.